The van der Waals surface area contributed by atoms with E-state index in [4.69, 9.17) is 0 Å². The number of carbonyl (C=O) groups excluding carboxylic acids is 3. The van der Waals surface area contributed by atoms with Gasteiger partial charge in [-0.15, -0.1) is 0 Å². The van der Waals surface area contributed by atoms with Gasteiger partial charge in [-0.2, -0.15) is 0 Å². The molecule has 8 heteroatoms. The molecule has 0 saturated heterocycles. The van der Waals surface area contributed by atoms with Gasteiger partial charge in [0, 0.05) is 44.9 Å². The molecule has 1 unspecified atom stereocenters. The lowest BCUT2D eigenvalue weighted by Gasteiger charge is -2.28. The van der Waals surface area contributed by atoms with Gasteiger partial charge >= 0.3 is 0 Å². The highest BCUT2D eigenvalue weighted by atomic mass is 16.2. The number of aldehydes is 1. The van der Waals surface area contributed by atoms with Crippen LogP contribution in [0.2, 0.25) is 0 Å². The smallest absolute Gasteiger partial charge is 0.255 e. The maximum absolute atomic E-state index is 13.3. The Bertz CT molecular complexity index is 1620. The zero-order chi connectivity index (χ0) is 30.3. The molecule has 6 rings (SSSR count). The normalized spacial score (nSPS) is 15.8. The first-order chi connectivity index (χ1) is 21.1. The van der Waals surface area contributed by atoms with Crippen molar-refractivity contribution in [1.29, 1.82) is 0 Å². The van der Waals surface area contributed by atoms with E-state index in [1.54, 1.807) is 11.9 Å². The number of rotatable bonds is 10. The molecule has 2 amide bonds. The maximum atomic E-state index is 13.3. The molecule has 0 aromatic heterocycles. The first-order valence-electron chi connectivity index (χ1n) is 15.0. The summed E-state index contributed by atoms with van der Waals surface area (Å²) in [5.74, 6) is -0.433. The molecule has 3 aliphatic rings. The summed E-state index contributed by atoms with van der Waals surface area (Å²) < 4.78 is 0. The van der Waals surface area contributed by atoms with Gasteiger partial charge in [0.05, 0.1) is 18.1 Å². The summed E-state index contributed by atoms with van der Waals surface area (Å²) in [5.41, 5.74) is 7.09. The molecule has 3 aromatic carbocycles. The van der Waals surface area contributed by atoms with E-state index in [0.717, 1.165) is 40.9 Å². The predicted molar refractivity (Wildman–Crippen MR) is 170 cm³/mol. The van der Waals surface area contributed by atoms with Crippen LogP contribution in [0.15, 0.2) is 90.3 Å². The Labute approximate surface area is 253 Å². The predicted octanol–water partition coefficient (Wildman–Crippen LogP) is 4.69. The minimum atomic E-state index is -0.679. The molecule has 43 heavy (non-hydrogen) atoms. The van der Waals surface area contributed by atoms with Crippen molar-refractivity contribution in [1.82, 2.24) is 25.8 Å². The summed E-state index contributed by atoms with van der Waals surface area (Å²) in [6.45, 7) is 6.47. The van der Waals surface area contributed by atoms with Crippen LogP contribution in [0, 0.1) is 0 Å². The van der Waals surface area contributed by atoms with Crippen LogP contribution in [0.1, 0.15) is 53.7 Å². The highest BCUT2D eigenvalue weighted by Crippen LogP contribution is 2.35. The van der Waals surface area contributed by atoms with Gasteiger partial charge in [0.25, 0.3) is 5.91 Å². The summed E-state index contributed by atoms with van der Waals surface area (Å²) in [4.78, 5) is 40.6. The van der Waals surface area contributed by atoms with Crippen LogP contribution >= 0.6 is 0 Å². The largest absolute Gasteiger partial charge is 0.372 e. The third-order valence-electron chi connectivity index (χ3n) is 8.00. The molecular weight excluding hydrogens is 538 g/mol. The first-order valence-corrected chi connectivity index (χ1v) is 15.0. The van der Waals surface area contributed by atoms with Crippen LogP contribution in [0.4, 0.5) is 0 Å². The third-order valence-corrected chi connectivity index (χ3v) is 8.00. The number of hydrogen-bond donors (Lipinski definition) is 3. The van der Waals surface area contributed by atoms with Crippen LogP contribution in [0.5, 0.6) is 0 Å². The fourth-order valence-electron chi connectivity index (χ4n) is 5.94. The molecule has 0 radical (unpaired) electrons. The molecular formula is C35H39N5O3. The lowest BCUT2D eigenvalue weighted by atomic mass is 9.99. The number of nitrogens with one attached hydrogen (secondary N) is 3. The van der Waals surface area contributed by atoms with Gasteiger partial charge in [0.1, 0.15) is 12.3 Å². The summed E-state index contributed by atoms with van der Waals surface area (Å²) in [5, 5.41) is 12.1. The van der Waals surface area contributed by atoms with E-state index in [1.807, 2.05) is 32.2 Å². The van der Waals surface area contributed by atoms with Gasteiger partial charge < -0.3 is 30.5 Å². The van der Waals surface area contributed by atoms with Gasteiger partial charge in [0.15, 0.2) is 0 Å². The van der Waals surface area contributed by atoms with Crippen molar-refractivity contribution in [3.05, 3.63) is 113 Å². The van der Waals surface area contributed by atoms with E-state index >= 15 is 0 Å². The SMILES string of the molecule is CC.CNC(=O)C(CCC=O)N1Cc2cc(C3=CC(CNCc4cccc5ccccc45)=CC4=CNCN43)ccc2C1=O. The van der Waals surface area contributed by atoms with E-state index in [0.29, 0.717) is 31.7 Å². The number of likely N-dealkylation sites (N-methyl/N-ethyl adjacent to an activating group) is 1. The van der Waals surface area contributed by atoms with Gasteiger partial charge in [-0.05, 0) is 63.7 Å². The molecule has 1 atom stereocenters. The number of benzene rings is 3. The van der Waals surface area contributed by atoms with Crippen molar-refractivity contribution in [2.24, 2.45) is 0 Å². The van der Waals surface area contributed by atoms with Crippen molar-refractivity contribution in [2.45, 2.75) is 45.8 Å². The van der Waals surface area contributed by atoms with Gasteiger partial charge in [-0.3, -0.25) is 9.59 Å². The molecule has 0 spiro atoms. The topological polar surface area (TPSA) is 93.8 Å². The molecule has 222 valence electrons. The summed E-state index contributed by atoms with van der Waals surface area (Å²) in [6.07, 6.45) is 7.73. The average Bonchev–Trinajstić information content (AvgIpc) is 3.66. The number of amides is 2. The summed E-state index contributed by atoms with van der Waals surface area (Å²) in [6, 6.07) is 20.1. The monoisotopic (exact) mass is 577 g/mol. The van der Waals surface area contributed by atoms with E-state index < -0.39 is 6.04 Å². The fourth-order valence-corrected chi connectivity index (χ4v) is 5.94. The standard InChI is InChI=1S/C33H33N5O3.C2H6/c1-34-32(40)30(10-5-13-39)37-20-26-16-24(11-12-29(26)33(37)41)31-15-22(14-27-19-36-21-38(27)31)17-35-18-25-8-4-7-23-6-2-3-9-28(23)25;1-2/h2-4,6-9,11-16,19,30,35-36H,5,10,17-18,20-21H2,1H3,(H,34,40);1-2H3. The minimum Gasteiger partial charge on any atom is -0.372 e. The van der Waals surface area contributed by atoms with Gasteiger partial charge in [0.2, 0.25) is 5.91 Å². The van der Waals surface area contributed by atoms with Crippen molar-refractivity contribution < 1.29 is 14.4 Å². The molecule has 0 aliphatic carbocycles. The van der Waals surface area contributed by atoms with Crippen LogP contribution < -0.4 is 16.0 Å². The average molecular weight is 578 g/mol. The van der Waals surface area contributed by atoms with Crippen molar-refractivity contribution in [3.63, 3.8) is 0 Å². The number of hydrogen-bond acceptors (Lipinski definition) is 6. The highest BCUT2D eigenvalue weighted by Gasteiger charge is 2.36. The van der Waals surface area contributed by atoms with Crippen molar-refractivity contribution in [2.75, 3.05) is 20.3 Å². The molecule has 3 heterocycles. The molecule has 0 fully saturated rings. The van der Waals surface area contributed by atoms with Crippen molar-refractivity contribution >= 4 is 34.6 Å². The van der Waals surface area contributed by atoms with E-state index in [2.05, 4.69) is 81.5 Å². The zero-order valence-electron chi connectivity index (χ0n) is 25.0. The number of fused-ring (bicyclic) bond motifs is 3. The van der Waals surface area contributed by atoms with Gasteiger partial charge in [-0.1, -0.05) is 62.4 Å². The van der Waals surface area contributed by atoms with Crippen molar-refractivity contribution in [3.8, 4) is 0 Å². The second-order valence-corrected chi connectivity index (χ2v) is 10.5. The Morgan fingerprint density at radius 2 is 1.86 bits per heavy atom. The lowest BCUT2D eigenvalue weighted by Crippen LogP contribution is -2.46. The molecule has 3 aliphatic heterocycles. The van der Waals surface area contributed by atoms with Gasteiger partial charge in [-0.25, -0.2) is 0 Å². The minimum absolute atomic E-state index is 0.176. The van der Waals surface area contributed by atoms with Crippen LogP contribution in [-0.4, -0.2) is 54.2 Å². The van der Waals surface area contributed by atoms with E-state index in [1.165, 1.54) is 16.3 Å². The first kappa shape index (κ1) is 29.8. The molecule has 0 bridgehead atoms. The fraction of sp³-hybridized carbons (Fsp3) is 0.286. The van der Waals surface area contributed by atoms with E-state index in [9.17, 15) is 14.4 Å². The molecule has 8 nitrogen and oxygen atoms in total. The Balaban J connectivity index is 0.00000180. The molecule has 3 N–H and O–H groups in total. The highest BCUT2D eigenvalue weighted by molar-refractivity contribution is 6.01. The Hall–Kier alpha value is -4.69. The second kappa shape index (κ2) is 13.5. The lowest BCUT2D eigenvalue weighted by molar-refractivity contribution is -0.125. The van der Waals surface area contributed by atoms with E-state index in [-0.39, 0.29) is 18.2 Å². The van der Waals surface area contributed by atoms with Crippen LogP contribution in [0.3, 0.4) is 0 Å². The van der Waals surface area contributed by atoms with Crippen LogP contribution in [0.25, 0.3) is 16.5 Å². The Kier molecular flexibility index (Phi) is 9.37. The zero-order valence-corrected chi connectivity index (χ0v) is 25.0. The Morgan fingerprint density at radius 3 is 2.67 bits per heavy atom. The Morgan fingerprint density at radius 1 is 1.05 bits per heavy atom. The van der Waals surface area contributed by atoms with Crippen LogP contribution in [-0.2, 0) is 22.7 Å². The summed E-state index contributed by atoms with van der Waals surface area (Å²) >= 11 is 0. The number of nitrogens with zero attached hydrogens (tertiary/aromatic N) is 2. The quantitative estimate of drug-likeness (QED) is 0.303. The second-order valence-electron chi connectivity index (χ2n) is 10.5. The molecule has 0 saturated carbocycles. The number of carbonyl (C=O) groups is 3. The maximum Gasteiger partial charge on any atom is 0.255 e. The number of allylic oxidation sites excluding steroid dienone is 1. The summed E-state index contributed by atoms with van der Waals surface area (Å²) in [7, 11) is 1.55. The third kappa shape index (κ3) is 6.10. The molecule has 3 aromatic rings.